The lowest BCUT2D eigenvalue weighted by atomic mass is 10.00. The van der Waals surface area contributed by atoms with E-state index in [4.69, 9.17) is 14.2 Å². The van der Waals surface area contributed by atoms with Gasteiger partial charge in [0.2, 0.25) is 0 Å². The van der Waals surface area contributed by atoms with E-state index < -0.39 is 10.8 Å². The third kappa shape index (κ3) is 10.8. The van der Waals surface area contributed by atoms with Gasteiger partial charge in [0.05, 0.1) is 35.5 Å². The van der Waals surface area contributed by atoms with Gasteiger partial charge in [-0.05, 0) is 109 Å². The van der Waals surface area contributed by atoms with Crippen molar-refractivity contribution in [2.45, 2.75) is 64.5 Å². The topological polar surface area (TPSA) is 90.0 Å². The van der Waals surface area contributed by atoms with Gasteiger partial charge < -0.3 is 24.4 Å². The van der Waals surface area contributed by atoms with Gasteiger partial charge >= 0.3 is 0 Å². The van der Waals surface area contributed by atoms with Crippen molar-refractivity contribution in [3.05, 3.63) is 101 Å². The molecule has 1 aliphatic heterocycles. The lowest BCUT2D eigenvalue weighted by Crippen LogP contribution is -2.29. The van der Waals surface area contributed by atoms with Crippen LogP contribution in [0.1, 0.15) is 63.8 Å². The fourth-order valence-electron chi connectivity index (χ4n) is 6.09. The van der Waals surface area contributed by atoms with Crippen molar-refractivity contribution in [3.8, 4) is 22.6 Å². The Labute approximate surface area is 305 Å². The number of aromatic nitrogens is 1. The molecule has 0 fully saturated rings. The molecule has 0 saturated carbocycles. The Hall–Kier alpha value is -4.47. The number of amides is 1. The van der Waals surface area contributed by atoms with Gasteiger partial charge in [-0.25, -0.2) is 0 Å². The summed E-state index contributed by atoms with van der Waals surface area (Å²) in [6.07, 6.45) is 6.51. The van der Waals surface area contributed by atoms with Crippen LogP contribution in [0.15, 0.2) is 89.5 Å². The van der Waals surface area contributed by atoms with Crippen molar-refractivity contribution >= 4 is 34.2 Å². The molecule has 0 spiro atoms. The number of nitrogens with one attached hydrogen (secondary N) is 1. The summed E-state index contributed by atoms with van der Waals surface area (Å²) < 4.78 is 30.3. The zero-order valence-corrected chi connectivity index (χ0v) is 31.4. The average Bonchev–Trinajstić information content (AvgIpc) is 3.29. The summed E-state index contributed by atoms with van der Waals surface area (Å²) in [7, 11) is -1.30. The van der Waals surface area contributed by atoms with Gasteiger partial charge in [0, 0.05) is 53.8 Å². The fraction of sp³-hybridized carbons (Fsp3) is 0.381. The summed E-state index contributed by atoms with van der Waals surface area (Å²) in [5, 5.41) is 3.11. The number of carbonyl (C=O) groups is 1. The highest BCUT2D eigenvalue weighted by Crippen LogP contribution is 2.34. The van der Waals surface area contributed by atoms with Crippen LogP contribution in [-0.2, 0) is 26.1 Å². The standard InChI is InChI=1S/C42H51N3O5S/c1-6-8-21-48-22-23-50-38-13-9-32(10-14-38)33-11-15-40-35(25-33)26-34(18-20-45(40)28-30(3)4)42(46)44-36-12-16-41(31(5)24-36)51(47)29-37-27-39(49-7-2)17-19-43-37/h9-17,19,24-27,30H,6-8,18,20-23,28-29H2,1-5H3,(H,44,46). The molecule has 0 saturated heterocycles. The van der Waals surface area contributed by atoms with Crippen LogP contribution >= 0.6 is 0 Å². The minimum absolute atomic E-state index is 0.136. The largest absolute Gasteiger partial charge is 0.494 e. The number of fused-ring (bicyclic) bond motifs is 1. The van der Waals surface area contributed by atoms with Crippen LogP contribution < -0.4 is 19.7 Å². The number of rotatable bonds is 17. The highest BCUT2D eigenvalue weighted by molar-refractivity contribution is 7.84. The van der Waals surface area contributed by atoms with Crippen molar-refractivity contribution in [3.63, 3.8) is 0 Å². The second-order valence-electron chi connectivity index (χ2n) is 13.2. The minimum Gasteiger partial charge on any atom is -0.494 e. The Morgan fingerprint density at radius 3 is 2.47 bits per heavy atom. The molecular formula is C42H51N3O5S. The summed E-state index contributed by atoms with van der Waals surface area (Å²) in [6.45, 7) is 14.5. The van der Waals surface area contributed by atoms with Crippen LogP contribution in [0.3, 0.4) is 0 Å². The second-order valence-corrected chi connectivity index (χ2v) is 14.6. The smallest absolute Gasteiger partial charge is 0.251 e. The van der Waals surface area contributed by atoms with E-state index >= 15 is 0 Å². The molecule has 8 nitrogen and oxygen atoms in total. The zero-order valence-electron chi connectivity index (χ0n) is 30.6. The lowest BCUT2D eigenvalue weighted by Gasteiger charge is -2.27. The molecule has 0 radical (unpaired) electrons. The van der Waals surface area contributed by atoms with Crippen LogP contribution in [0.5, 0.6) is 11.5 Å². The van der Waals surface area contributed by atoms with Gasteiger partial charge in [-0.3, -0.25) is 14.0 Å². The summed E-state index contributed by atoms with van der Waals surface area (Å²) in [5.41, 5.74) is 7.23. The summed E-state index contributed by atoms with van der Waals surface area (Å²) in [4.78, 5) is 21.2. The van der Waals surface area contributed by atoms with E-state index in [2.05, 4.69) is 66.3 Å². The van der Waals surface area contributed by atoms with Gasteiger partial charge in [0.25, 0.3) is 5.91 Å². The Bertz CT molecular complexity index is 1820. The molecule has 0 bridgehead atoms. The Balaban J connectivity index is 1.29. The SMILES string of the molecule is CCCCOCCOc1ccc(-c2ccc3c(c2)C=C(C(=O)Nc2ccc(S(=O)Cc4cc(OCC)ccn4)c(C)c2)CCN3CC(C)C)cc1. The molecular weight excluding hydrogens is 659 g/mol. The quantitative estimate of drug-likeness (QED) is 0.110. The molecule has 1 atom stereocenters. The molecule has 1 amide bonds. The number of unbranched alkanes of at least 4 members (excludes halogenated alkanes) is 1. The fourth-order valence-corrected chi connectivity index (χ4v) is 7.31. The molecule has 51 heavy (non-hydrogen) atoms. The normalized spacial score (nSPS) is 13.3. The highest BCUT2D eigenvalue weighted by Gasteiger charge is 2.21. The maximum atomic E-state index is 13.8. The predicted octanol–water partition coefficient (Wildman–Crippen LogP) is 8.85. The summed E-state index contributed by atoms with van der Waals surface area (Å²) in [6, 6.07) is 23.8. The Kier molecular flexibility index (Phi) is 13.8. The molecule has 1 N–H and O–H groups in total. The van der Waals surface area contributed by atoms with Crippen molar-refractivity contribution in [2.24, 2.45) is 5.92 Å². The number of hydrogen-bond acceptors (Lipinski definition) is 7. The van der Waals surface area contributed by atoms with E-state index in [-0.39, 0.29) is 11.7 Å². The van der Waals surface area contributed by atoms with Gasteiger partial charge in [0.1, 0.15) is 18.1 Å². The lowest BCUT2D eigenvalue weighted by molar-refractivity contribution is -0.112. The molecule has 2 heterocycles. The van der Waals surface area contributed by atoms with E-state index in [1.807, 2.05) is 56.3 Å². The van der Waals surface area contributed by atoms with E-state index in [0.717, 1.165) is 71.8 Å². The van der Waals surface area contributed by atoms with Crippen LogP contribution in [0.25, 0.3) is 17.2 Å². The molecule has 9 heteroatoms. The first-order chi connectivity index (χ1) is 24.7. The van der Waals surface area contributed by atoms with Crippen LogP contribution in [-0.4, -0.2) is 54.6 Å². The molecule has 1 aromatic heterocycles. The number of carbonyl (C=O) groups excluding carboxylic acids is 1. The number of hydrogen-bond donors (Lipinski definition) is 1. The van der Waals surface area contributed by atoms with Gasteiger partial charge in [0.15, 0.2) is 0 Å². The number of aryl methyl sites for hydroxylation is 1. The van der Waals surface area contributed by atoms with E-state index in [1.54, 1.807) is 12.3 Å². The number of anilines is 2. The summed E-state index contributed by atoms with van der Waals surface area (Å²) in [5.74, 6) is 2.14. The maximum absolute atomic E-state index is 13.8. The Morgan fingerprint density at radius 2 is 1.73 bits per heavy atom. The zero-order chi connectivity index (χ0) is 36.2. The third-order valence-corrected chi connectivity index (χ3v) is 10.1. The average molecular weight is 710 g/mol. The van der Waals surface area contributed by atoms with Crippen molar-refractivity contribution in [2.75, 3.05) is 49.7 Å². The number of pyridine rings is 1. The van der Waals surface area contributed by atoms with Gasteiger partial charge in [-0.1, -0.05) is 45.4 Å². The predicted molar refractivity (Wildman–Crippen MR) is 208 cm³/mol. The maximum Gasteiger partial charge on any atom is 0.251 e. The van der Waals surface area contributed by atoms with Crippen LogP contribution in [0.4, 0.5) is 11.4 Å². The first-order valence-electron chi connectivity index (χ1n) is 18.0. The molecule has 1 aliphatic rings. The second kappa shape index (κ2) is 18.7. The minimum atomic E-state index is -1.30. The van der Waals surface area contributed by atoms with E-state index in [1.165, 1.54) is 0 Å². The molecule has 270 valence electrons. The highest BCUT2D eigenvalue weighted by atomic mass is 32.2. The first kappa shape index (κ1) is 37.8. The van der Waals surface area contributed by atoms with Crippen molar-refractivity contribution < 1.29 is 23.2 Å². The van der Waals surface area contributed by atoms with Gasteiger partial charge in [-0.15, -0.1) is 0 Å². The molecule has 0 aliphatic carbocycles. The molecule has 3 aromatic carbocycles. The monoisotopic (exact) mass is 709 g/mol. The Morgan fingerprint density at radius 1 is 0.922 bits per heavy atom. The first-order valence-corrected chi connectivity index (χ1v) is 19.3. The number of nitrogens with zero attached hydrogens (tertiary/aromatic N) is 2. The third-order valence-electron chi connectivity index (χ3n) is 8.61. The molecule has 4 aromatic rings. The van der Waals surface area contributed by atoms with Crippen LogP contribution in [0, 0.1) is 12.8 Å². The van der Waals surface area contributed by atoms with Crippen molar-refractivity contribution in [1.82, 2.24) is 4.98 Å². The molecule has 1 unspecified atom stereocenters. The van der Waals surface area contributed by atoms with E-state index in [0.29, 0.717) is 54.2 Å². The number of ether oxygens (including phenoxy) is 3. The van der Waals surface area contributed by atoms with Crippen LogP contribution in [0.2, 0.25) is 0 Å². The van der Waals surface area contributed by atoms with Crippen molar-refractivity contribution in [1.29, 1.82) is 0 Å². The van der Waals surface area contributed by atoms with E-state index in [9.17, 15) is 9.00 Å². The molecule has 5 rings (SSSR count). The number of benzene rings is 3. The summed E-state index contributed by atoms with van der Waals surface area (Å²) >= 11 is 0. The van der Waals surface area contributed by atoms with Gasteiger partial charge in [-0.2, -0.15) is 0 Å².